The molecule has 0 unspecified atom stereocenters. The van der Waals surface area contributed by atoms with Crippen molar-refractivity contribution in [2.24, 2.45) is 0 Å². The summed E-state index contributed by atoms with van der Waals surface area (Å²) in [5, 5.41) is 13.5. The molecule has 2 aliphatic heterocycles. The largest absolute Gasteiger partial charge is 0.504 e. The third-order valence-electron chi connectivity index (χ3n) is 4.79. The normalized spacial score (nSPS) is 25.6. The van der Waals surface area contributed by atoms with Gasteiger partial charge in [0.1, 0.15) is 0 Å². The molecule has 5 nitrogen and oxygen atoms in total. The Hall–Kier alpha value is -0.950. The molecule has 0 spiro atoms. The molecule has 0 saturated carbocycles. The lowest BCUT2D eigenvalue weighted by Crippen LogP contribution is -2.58. The maximum atomic E-state index is 9.88. The van der Waals surface area contributed by atoms with Crippen molar-refractivity contribution >= 4 is 11.8 Å². The molecule has 2 aliphatic rings. The quantitative estimate of drug-likeness (QED) is 0.823. The van der Waals surface area contributed by atoms with Crippen LogP contribution in [0.25, 0.3) is 0 Å². The summed E-state index contributed by atoms with van der Waals surface area (Å²) in [6.45, 7) is 5.50. The molecule has 2 fully saturated rings. The summed E-state index contributed by atoms with van der Waals surface area (Å²) in [6, 6.07) is 5.59. The van der Waals surface area contributed by atoms with Crippen LogP contribution in [0.2, 0.25) is 0 Å². The van der Waals surface area contributed by atoms with E-state index in [0.29, 0.717) is 5.75 Å². The number of nitrogens with zero attached hydrogens (tertiary/aromatic N) is 1. The maximum absolute atomic E-state index is 9.88. The Morgan fingerprint density at radius 1 is 1.39 bits per heavy atom. The smallest absolute Gasteiger partial charge is 0.160 e. The molecule has 0 radical (unpaired) electrons. The lowest BCUT2D eigenvalue weighted by molar-refractivity contribution is -0.0134. The van der Waals surface area contributed by atoms with Crippen molar-refractivity contribution < 1.29 is 14.6 Å². The van der Waals surface area contributed by atoms with E-state index in [1.165, 1.54) is 17.9 Å². The van der Waals surface area contributed by atoms with Gasteiger partial charge in [-0.2, -0.15) is 11.8 Å². The summed E-state index contributed by atoms with van der Waals surface area (Å²) in [5.41, 5.74) is 1.33. The van der Waals surface area contributed by atoms with Crippen LogP contribution in [-0.4, -0.2) is 67.0 Å². The summed E-state index contributed by atoms with van der Waals surface area (Å²) in [4.78, 5) is 2.61. The molecule has 0 aliphatic carbocycles. The zero-order chi connectivity index (χ0) is 16.1. The van der Waals surface area contributed by atoms with Crippen LogP contribution >= 0.6 is 11.8 Å². The highest BCUT2D eigenvalue weighted by Gasteiger charge is 2.40. The number of thioether (sulfide) groups is 1. The van der Waals surface area contributed by atoms with Gasteiger partial charge in [0, 0.05) is 37.5 Å². The van der Waals surface area contributed by atoms with E-state index in [1.54, 1.807) is 13.2 Å². The molecule has 2 saturated heterocycles. The molecular weight excluding hydrogens is 312 g/mol. The van der Waals surface area contributed by atoms with Crippen molar-refractivity contribution in [2.45, 2.75) is 18.5 Å². The van der Waals surface area contributed by atoms with Gasteiger partial charge in [0.2, 0.25) is 0 Å². The first-order valence-corrected chi connectivity index (χ1v) is 9.36. The van der Waals surface area contributed by atoms with Crippen molar-refractivity contribution in [1.82, 2.24) is 10.2 Å². The van der Waals surface area contributed by atoms with Gasteiger partial charge in [-0.1, -0.05) is 6.07 Å². The van der Waals surface area contributed by atoms with Crippen LogP contribution in [0, 0.1) is 0 Å². The van der Waals surface area contributed by atoms with Gasteiger partial charge in [0.25, 0.3) is 0 Å². The number of hydrogen-bond donors (Lipinski definition) is 2. The topological polar surface area (TPSA) is 54.0 Å². The predicted octanol–water partition coefficient (Wildman–Crippen LogP) is 1.70. The van der Waals surface area contributed by atoms with Gasteiger partial charge < -0.3 is 19.9 Å². The van der Waals surface area contributed by atoms with E-state index < -0.39 is 0 Å². The number of benzene rings is 1. The first kappa shape index (κ1) is 16.9. The minimum atomic E-state index is 0.200. The molecule has 0 aromatic heterocycles. The van der Waals surface area contributed by atoms with E-state index in [-0.39, 0.29) is 11.3 Å². The summed E-state index contributed by atoms with van der Waals surface area (Å²) in [6.07, 6.45) is 1.23. The van der Waals surface area contributed by atoms with E-state index in [2.05, 4.69) is 10.2 Å². The first-order valence-electron chi connectivity index (χ1n) is 8.21. The van der Waals surface area contributed by atoms with Crippen LogP contribution in [0.3, 0.4) is 0 Å². The molecule has 1 atom stereocenters. The van der Waals surface area contributed by atoms with Crippen molar-refractivity contribution in [2.75, 3.05) is 51.5 Å². The van der Waals surface area contributed by atoms with Gasteiger partial charge in [-0.05, 0) is 29.9 Å². The van der Waals surface area contributed by atoms with E-state index in [9.17, 15) is 5.11 Å². The fraction of sp³-hybridized carbons (Fsp3) is 0.647. The number of rotatable bonds is 6. The Kier molecular flexibility index (Phi) is 5.69. The van der Waals surface area contributed by atoms with E-state index >= 15 is 0 Å². The SMILES string of the molecule is COc1ccc(CNC[C@@]2(N3CCOCC3)CCSC2)cc1O. The van der Waals surface area contributed by atoms with Crippen LogP contribution in [0.1, 0.15) is 12.0 Å². The summed E-state index contributed by atoms with van der Waals surface area (Å²) >= 11 is 2.05. The van der Waals surface area contributed by atoms with Gasteiger partial charge >= 0.3 is 0 Å². The number of nitrogens with one attached hydrogen (secondary N) is 1. The van der Waals surface area contributed by atoms with Crippen molar-refractivity contribution in [3.63, 3.8) is 0 Å². The number of hydrogen-bond acceptors (Lipinski definition) is 6. The fourth-order valence-corrected chi connectivity index (χ4v) is 4.90. The lowest BCUT2D eigenvalue weighted by Gasteiger charge is -2.43. The standard InChI is InChI=1S/C17H26N2O3S/c1-21-16-3-2-14(10-15(16)20)11-18-12-17(4-9-23-13-17)19-5-7-22-8-6-19/h2-3,10,18,20H,4-9,11-13H2,1H3/t17-/m0/s1. The molecule has 0 amide bonds. The van der Waals surface area contributed by atoms with Gasteiger partial charge in [-0.25, -0.2) is 0 Å². The Morgan fingerprint density at radius 3 is 2.87 bits per heavy atom. The second-order valence-corrected chi connectivity index (χ2v) is 7.34. The third-order valence-corrected chi connectivity index (χ3v) is 6.03. The van der Waals surface area contributed by atoms with Crippen molar-refractivity contribution in [3.8, 4) is 11.5 Å². The molecule has 0 bridgehead atoms. The Labute approximate surface area is 142 Å². The average molecular weight is 338 g/mol. The van der Waals surface area contributed by atoms with Gasteiger partial charge in [-0.15, -0.1) is 0 Å². The minimum Gasteiger partial charge on any atom is -0.504 e. The second kappa shape index (κ2) is 7.75. The van der Waals surface area contributed by atoms with Crippen molar-refractivity contribution in [1.29, 1.82) is 0 Å². The van der Waals surface area contributed by atoms with Gasteiger partial charge in [0.05, 0.1) is 20.3 Å². The molecule has 1 aromatic rings. The highest BCUT2D eigenvalue weighted by molar-refractivity contribution is 7.99. The number of aromatic hydroxyl groups is 1. The number of ether oxygens (including phenoxy) is 2. The van der Waals surface area contributed by atoms with Crippen LogP contribution in [0.5, 0.6) is 11.5 Å². The Morgan fingerprint density at radius 2 is 2.22 bits per heavy atom. The fourth-order valence-electron chi connectivity index (χ4n) is 3.42. The molecule has 3 rings (SSSR count). The zero-order valence-electron chi connectivity index (χ0n) is 13.7. The molecule has 23 heavy (non-hydrogen) atoms. The number of phenolic OH excluding ortho intramolecular Hbond substituents is 1. The van der Waals surface area contributed by atoms with Crippen LogP contribution in [0.15, 0.2) is 18.2 Å². The summed E-state index contributed by atoms with van der Waals surface area (Å²) < 4.78 is 10.6. The van der Waals surface area contributed by atoms with Crippen molar-refractivity contribution in [3.05, 3.63) is 23.8 Å². The average Bonchev–Trinajstić information content (AvgIpc) is 3.06. The molecule has 128 valence electrons. The molecule has 2 heterocycles. The van der Waals surface area contributed by atoms with Crippen LogP contribution in [0.4, 0.5) is 0 Å². The van der Waals surface area contributed by atoms with E-state index in [1.807, 2.05) is 23.9 Å². The molecule has 6 heteroatoms. The number of phenols is 1. The van der Waals surface area contributed by atoms with E-state index in [4.69, 9.17) is 9.47 Å². The maximum Gasteiger partial charge on any atom is 0.160 e. The first-order chi connectivity index (χ1) is 11.2. The summed E-state index contributed by atoms with van der Waals surface area (Å²) in [7, 11) is 1.57. The molecule has 2 N–H and O–H groups in total. The minimum absolute atomic E-state index is 0.200. The van der Waals surface area contributed by atoms with Gasteiger partial charge in [0.15, 0.2) is 11.5 Å². The van der Waals surface area contributed by atoms with Crippen LogP contribution in [-0.2, 0) is 11.3 Å². The number of methoxy groups -OCH3 is 1. The van der Waals surface area contributed by atoms with Crippen LogP contribution < -0.4 is 10.1 Å². The lowest BCUT2D eigenvalue weighted by atomic mass is 9.95. The predicted molar refractivity (Wildman–Crippen MR) is 93.4 cm³/mol. The molecule has 1 aromatic carbocycles. The summed E-state index contributed by atoms with van der Waals surface area (Å²) in [5.74, 6) is 3.15. The second-order valence-electron chi connectivity index (χ2n) is 6.24. The monoisotopic (exact) mass is 338 g/mol. The third kappa shape index (κ3) is 3.94. The Balaban J connectivity index is 1.58. The van der Waals surface area contributed by atoms with Gasteiger partial charge in [-0.3, -0.25) is 4.90 Å². The molecular formula is C17H26N2O3S. The number of morpholine rings is 1. The Bertz CT molecular complexity index is 515. The zero-order valence-corrected chi connectivity index (χ0v) is 14.5. The highest BCUT2D eigenvalue weighted by atomic mass is 32.2. The van der Waals surface area contributed by atoms with E-state index in [0.717, 1.165) is 45.0 Å². The highest BCUT2D eigenvalue weighted by Crippen LogP contribution is 2.33.